The van der Waals surface area contributed by atoms with Crippen molar-refractivity contribution in [3.05, 3.63) is 94.0 Å². The van der Waals surface area contributed by atoms with Crippen molar-refractivity contribution in [1.29, 1.82) is 0 Å². The van der Waals surface area contributed by atoms with Gasteiger partial charge < -0.3 is 4.90 Å². The van der Waals surface area contributed by atoms with E-state index in [4.69, 9.17) is 16.6 Å². The van der Waals surface area contributed by atoms with E-state index in [-0.39, 0.29) is 17.7 Å². The second-order valence-electron chi connectivity index (χ2n) is 9.41. The second-order valence-corrected chi connectivity index (χ2v) is 10.9. The first-order valence-electron chi connectivity index (χ1n) is 12.2. The number of likely N-dealkylation sites (tertiary alicyclic amines) is 1. The lowest BCUT2D eigenvalue weighted by Crippen LogP contribution is -2.44. The summed E-state index contributed by atoms with van der Waals surface area (Å²) < 4.78 is 1.09. The van der Waals surface area contributed by atoms with Crippen molar-refractivity contribution in [3.63, 3.8) is 0 Å². The van der Waals surface area contributed by atoms with Gasteiger partial charge in [-0.1, -0.05) is 59.3 Å². The van der Waals surface area contributed by atoms with Gasteiger partial charge in [0, 0.05) is 29.6 Å². The third kappa shape index (κ3) is 5.15. The molecule has 0 radical (unpaired) electrons. The Kier molecular flexibility index (Phi) is 7.08. The van der Waals surface area contributed by atoms with Crippen molar-refractivity contribution >= 4 is 50.1 Å². The van der Waals surface area contributed by atoms with Gasteiger partial charge in [-0.3, -0.25) is 14.5 Å². The average molecular weight is 518 g/mol. The first kappa shape index (κ1) is 24.5. The van der Waals surface area contributed by atoms with E-state index in [0.717, 1.165) is 26.5 Å². The molecule has 1 fully saturated rings. The number of fused-ring (bicyclic) bond motifs is 1. The van der Waals surface area contributed by atoms with Crippen LogP contribution in [0, 0.1) is 19.8 Å². The molecule has 3 aromatic carbocycles. The van der Waals surface area contributed by atoms with E-state index in [1.807, 2.05) is 40.1 Å². The van der Waals surface area contributed by atoms with Gasteiger partial charge in [0.2, 0.25) is 5.91 Å². The van der Waals surface area contributed by atoms with E-state index in [0.29, 0.717) is 43.1 Å². The predicted molar refractivity (Wildman–Crippen MR) is 147 cm³/mol. The van der Waals surface area contributed by atoms with E-state index in [2.05, 4.69) is 26.0 Å². The van der Waals surface area contributed by atoms with Gasteiger partial charge in [0.1, 0.15) is 0 Å². The highest BCUT2D eigenvalue weighted by atomic mass is 35.5. The molecule has 2 heterocycles. The molecule has 0 saturated carbocycles. The van der Waals surface area contributed by atoms with Gasteiger partial charge >= 0.3 is 0 Å². The largest absolute Gasteiger partial charge is 0.339 e. The molecular formula is C29H28ClN3O2S. The number of aryl methyl sites for hydroxylation is 2. The van der Waals surface area contributed by atoms with Gasteiger partial charge in [-0.15, -0.1) is 0 Å². The van der Waals surface area contributed by atoms with Crippen LogP contribution in [-0.2, 0) is 11.3 Å². The minimum absolute atomic E-state index is 0.0178. The zero-order valence-electron chi connectivity index (χ0n) is 20.4. The number of nitrogens with zero attached hydrogens (tertiary/aromatic N) is 3. The SMILES string of the molecule is Cc1cc(C)c2nc(N(Cc3ccccc3)C(=O)C3CCN(C(=O)c4ccc(Cl)cc4)CC3)sc2c1. The summed E-state index contributed by atoms with van der Waals surface area (Å²) in [6, 6.07) is 21.3. The quantitative estimate of drug-likeness (QED) is 0.298. The highest BCUT2D eigenvalue weighted by Crippen LogP contribution is 2.34. The lowest BCUT2D eigenvalue weighted by atomic mass is 9.94. The lowest BCUT2D eigenvalue weighted by Gasteiger charge is -2.33. The van der Waals surface area contributed by atoms with Gasteiger partial charge in [0.05, 0.1) is 16.8 Å². The molecule has 4 aromatic rings. The third-order valence-corrected chi connectivity index (χ3v) is 8.00. The molecule has 0 spiro atoms. The number of hydrogen-bond acceptors (Lipinski definition) is 4. The van der Waals surface area contributed by atoms with Crippen LogP contribution >= 0.6 is 22.9 Å². The predicted octanol–water partition coefficient (Wildman–Crippen LogP) is 6.65. The molecule has 36 heavy (non-hydrogen) atoms. The third-order valence-electron chi connectivity index (χ3n) is 6.72. The molecular weight excluding hydrogens is 490 g/mol. The van der Waals surface area contributed by atoms with Crippen molar-refractivity contribution in [2.75, 3.05) is 18.0 Å². The topological polar surface area (TPSA) is 53.5 Å². The van der Waals surface area contributed by atoms with Gasteiger partial charge in [-0.25, -0.2) is 4.98 Å². The van der Waals surface area contributed by atoms with Crippen molar-refractivity contribution < 1.29 is 9.59 Å². The Labute approximate surface area is 220 Å². The molecule has 1 aromatic heterocycles. The molecule has 0 bridgehead atoms. The standard InChI is InChI=1S/C29H28ClN3O2S/c1-19-16-20(2)26-25(17-19)36-29(31-26)33(18-21-6-4-3-5-7-21)28(35)23-12-14-32(15-13-23)27(34)22-8-10-24(30)11-9-22/h3-11,16-17,23H,12-15,18H2,1-2H3. The van der Waals surface area contributed by atoms with Gasteiger partial charge in [-0.2, -0.15) is 0 Å². The lowest BCUT2D eigenvalue weighted by molar-refractivity contribution is -0.123. The van der Waals surface area contributed by atoms with Gasteiger partial charge in [0.15, 0.2) is 5.13 Å². The molecule has 5 rings (SSSR count). The summed E-state index contributed by atoms with van der Waals surface area (Å²) in [4.78, 5) is 35.4. The number of anilines is 1. The van der Waals surface area contributed by atoms with Crippen molar-refractivity contribution in [2.45, 2.75) is 33.2 Å². The Bertz CT molecular complexity index is 1390. The fraction of sp³-hybridized carbons (Fsp3) is 0.276. The summed E-state index contributed by atoms with van der Waals surface area (Å²) in [7, 11) is 0. The number of thiazole rings is 1. The zero-order chi connectivity index (χ0) is 25.2. The maximum Gasteiger partial charge on any atom is 0.253 e. The summed E-state index contributed by atoms with van der Waals surface area (Å²) in [5, 5.41) is 1.33. The summed E-state index contributed by atoms with van der Waals surface area (Å²) in [5.41, 5.74) is 4.95. The van der Waals surface area contributed by atoms with Crippen LogP contribution in [0.4, 0.5) is 5.13 Å². The van der Waals surface area contributed by atoms with Crippen molar-refractivity contribution in [1.82, 2.24) is 9.88 Å². The Hall–Kier alpha value is -3.22. The first-order valence-corrected chi connectivity index (χ1v) is 13.4. The number of carbonyl (C=O) groups is 2. The van der Waals surface area contributed by atoms with Crippen LogP contribution in [0.15, 0.2) is 66.7 Å². The maximum atomic E-state index is 13.9. The normalized spacial score (nSPS) is 14.2. The molecule has 0 N–H and O–H groups in total. The van der Waals surface area contributed by atoms with Crippen molar-refractivity contribution in [2.24, 2.45) is 5.92 Å². The van der Waals surface area contributed by atoms with Crippen molar-refractivity contribution in [3.8, 4) is 0 Å². The van der Waals surface area contributed by atoms with Crippen LogP contribution in [0.2, 0.25) is 5.02 Å². The molecule has 1 saturated heterocycles. The fourth-order valence-corrected chi connectivity index (χ4v) is 6.08. The van der Waals surface area contributed by atoms with E-state index in [9.17, 15) is 9.59 Å². The molecule has 0 atom stereocenters. The summed E-state index contributed by atoms with van der Waals surface area (Å²) in [5.74, 6) is -0.0978. The second kappa shape index (κ2) is 10.4. The van der Waals surface area contributed by atoms with Crippen LogP contribution in [0.25, 0.3) is 10.2 Å². The number of carbonyl (C=O) groups excluding carboxylic acids is 2. The summed E-state index contributed by atoms with van der Waals surface area (Å²) in [6.45, 7) is 5.72. The Morgan fingerprint density at radius 2 is 1.72 bits per heavy atom. The fourth-order valence-electron chi connectivity index (χ4n) is 4.81. The van der Waals surface area contributed by atoms with Gasteiger partial charge in [0.25, 0.3) is 5.91 Å². The van der Waals surface area contributed by atoms with E-state index in [1.54, 1.807) is 35.6 Å². The number of halogens is 1. The van der Waals surface area contributed by atoms with Crippen LogP contribution in [0.3, 0.4) is 0 Å². The van der Waals surface area contributed by atoms with E-state index >= 15 is 0 Å². The Morgan fingerprint density at radius 3 is 2.42 bits per heavy atom. The number of rotatable bonds is 5. The number of hydrogen-bond donors (Lipinski definition) is 0. The molecule has 2 amide bonds. The van der Waals surface area contributed by atoms with Crippen LogP contribution in [0.1, 0.15) is 39.9 Å². The number of piperidine rings is 1. The molecule has 1 aliphatic rings. The van der Waals surface area contributed by atoms with Gasteiger partial charge in [-0.05, 0) is 73.7 Å². The maximum absolute atomic E-state index is 13.9. The average Bonchev–Trinajstić information content (AvgIpc) is 3.32. The minimum atomic E-state index is -0.155. The van der Waals surface area contributed by atoms with Crippen LogP contribution in [0.5, 0.6) is 0 Å². The monoisotopic (exact) mass is 517 g/mol. The summed E-state index contributed by atoms with van der Waals surface area (Å²) >= 11 is 7.53. The minimum Gasteiger partial charge on any atom is -0.339 e. The molecule has 7 heteroatoms. The highest BCUT2D eigenvalue weighted by Gasteiger charge is 2.32. The number of amides is 2. The smallest absolute Gasteiger partial charge is 0.253 e. The molecule has 184 valence electrons. The number of benzene rings is 3. The highest BCUT2D eigenvalue weighted by molar-refractivity contribution is 7.22. The summed E-state index contributed by atoms with van der Waals surface area (Å²) in [6.07, 6.45) is 1.26. The molecule has 1 aliphatic heterocycles. The Balaban J connectivity index is 1.36. The van der Waals surface area contributed by atoms with E-state index < -0.39 is 0 Å². The molecule has 0 aliphatic carbocycles. The molecule has 0 unspecified atom stereocenters. The van der Waals surface area contributed by atoms with Crippen LogP contribution in [-0.4, -0.2) is 34.8 Å². The number of aromatic nitrogens is 1. The Morgan fingerprint density at radius 1 is 1.03 bits per heavy atom. The first-order chi connectivity index (χ1) is 17.4. The van der Waals surface area contributed by atoms with E-state index in [1.165, 1.54) is 5.56 Å². The van der Waals surface area contributed by atoms with Crippen LogP contribution < -0.4 is 4.90 Å². The zero-order valence-corrected chi connectivity index (χ0v) is 22.0. The molecule has 5 nitrogen and oxygen atoms in total.